The molecule has 1 aromatic heterocycles. The third kappa shape index (κ3) is 3.85. The van der Waals surface area contributed by atoms with E-state index in [2.05, 4.69) is 26.1 Å². The largest absolute Gasteiger partial charge is 0.481 e. The van der Waals surface area contributed by atoms with Gasteiger partial charge in [0.2, 0.25) is 6.41 Å². The smallest absolute Gasteiger partial charge is 0.305 e. The molecule has 1 aromatic rings. The summed E-state index contributed by atoms with van der Waals surface area (Å²) in [5, 5.41) is 11.3. The molecule has 0 fully saturated rings. The van der Waals surface area contributed by atoms with Crippen molar-refractivity contribution in [1.82, 2.24) is 5.32 Å². The Morgan fingerprint density at radius 2 is 2.18 bits per heavy atom. The van der Waals surface area contributed by atoms with E-state index in [1.807, 2.05) is 12.1 Å². The molecule has 0 bridgehead atoms. The number of nitrogens with one attached hydrogen (secondary N) is 1. The van der Waals surface area contributed by atoms with Crippen molar-refractivity contribution in [3.05, 3.63) is 21.9 Å². The van der Waals surface area contributed by atoms with E-state index in [-0.39, 0.29) is 11.8 Å². The van der Waals surface area contributed by atoms with Crippen LogP contribution in [0.4, 0.5) is 0 Å². The van der Waals surface area contributed by atoms with Gasteiger partial charge in [-0.05, 0) is 17.5 Å². The van der Waals surface area contributed by atoms with Gasteiger partial charge in [-0.1, -0.05) is 20.8 Å². The van der Waals surface area contributed by atoms with Gasteiger partial charge in [0.1, 0.15) is 0 Å². The van der Waals surface area contributed by atoms with Crippen molar-refractivity contribution >= 4 is 23.7 Å². The molecule has 0 radical (unpaired) electrons. The number of hydrogen-bond acceptors (Lipinski definition) is 3. The standard InChI is InChI=1S/C12H17NO3S/c1-12(2,3)10-5-4-9(17-10)8(13-7-14)6-11(15)16/h4-5,7-8H,6H2,1-3H3,(H,13,14)(H,15,16)/t8-/m0/s1. The number of thiophene rings is 1. The van der Waals surface area contributed by atoms with Crippen molar-refractivity contribution in [3.63, 3.8) is 0 Å². The molecule has 2 N–H and O–H groups in total. The molecule has 1 atom stereocenters. The van der Waals surface area contributed by atoms with E-state index in [4.69, 9.17) is 5.11 Å². The third-order valence-corrected chi connectivity index (χ3v) is 3.98. The molecule has 0 saturated carbocycles. The van der Waals surface area contributed by atoms with Gasteiger partial charge in [0.05, 0.1) is 12.5 Å². The van der Waals surface area contributed by atoms with Gasteiger partial charge in [-0.15, -0.1) is 11.3 Å². The molecule has 1 heterocycles. The molecule has 0 unspecified atom stereocenters. The van der Waals surface area contributed by atoms with E-state index in [9.17, 15) is 9.59 Å². The average molecular weight is 255 g/mol. The van der Waals surface area contributed by atoms with Crippen molar-refractivity contribution < 1.29 is 14.7 Å². The van der Waals surface area contributed by atoms with E-state index < -0.39 is 12.0 Å². The van der Waals surface area contributed by atoms with Crippen LogP contribution in [0.15, 0.2) is 12.1 Å². The predicted molar refractivity (Wildman–Crippen MR) is 67.2 cm³/mol. The van der Waals surface area contributed by atoms with Crippen molar-refractivity contribution in [2.45, 2.75) is 38.6 Å². The van der Waals surface area contributed by atoms with Gasteiger partial charge in [0.15, 0.2) is 0 Å². The van der Waals surface area contributed by atoms with Crippen molar-refractivity contribution in [3.8, 4) is 0 Å². The highest BCUT2D eigenvalue weighted by Gasteiger charge is 2.21. The highest BCUT2D eigenvalue weighted by molar-refractivity contribution is 7.12. The zero-order chi connectivity index (χ0) is 13.1. The number of hydrogen-bond donors (Lipinski definition) is 2. The number of amides is 1. The highest BCUT2D eigenvalue weighted by atomic mass is 32.1. The van der Waals surface area contributed by atoms with Crippen LogP contribution in [0.3, 0.4) is 0 Å². The second-order valence-corrected chi connectivity index (χ2v) is 6.00. The van der Waals surface area contributed by atoms with Crippen LogP contribution < -0.4 is 5.32 Å². The maximum Gasteiger partial charge on any atom is 0.305 e. The normalized spacial score (nSPS) is 13.1. The maximum atomic E-state index is 10.7. The Bertz CT molecular complexity index is 406. The maximum absolute atomic E-state index is 10.7. The first-order valence-corrected chi connectivity index (χ1v) is 6.18. The molecule has 17 heavy (non-hydrogen) atoms. The molecule has 5 heteroatoms. The molecule has 0 aromatic carbocycles. The van der Waals surface area contributed by atoms with E-state index >= 15 is 0 Å². The topological polar surface area (TPSA) is 66.4 Å². The monoisotopic (exact) mass is 255 g/mol. The SMILES string of the molecule is CC(C)(C)c1ccc([C@H](CC(=O)O)NC=O)s1. The van der Waals surface area contributed by atoms with Gasteiger partial charge < -0.3 is 10.4 Å². The van der Waals surface area contributed by atoms with Crippen LogP contribution in [0.2, 0.25) is 0 Å². The van der Waals surface area contributed by atoms with Gasteiger partial charge in [-0.3, -0.25) is 9.59 Å². The fourth-order valence-electron chi connectivity index (χ4n) is 1.44. The Labute approximate surface area is 105 Å². The lowest BCUT2D eigenvalue weighted by Crippen LogP contribution is -2.21. The number of carbonyl (C=O) groups excluding carboxylic acids is 1. The van der Waals surface area contributed by atoms with Crippen LogP contribution in [-0.4, -0.2) is 17.5 Å². The minimum atomic E-state index is -0.921. The summed E-state index contributed by atoms with van der Waals surface area (Å²) in [5.74, 6) is -0.921. The van der Waals surface area contributed by atoms with Crippen LogP contribution in [0.25, 0.3) is 0 Å². The lowest BCUT2D eigenvalue weighted by molar-refractivity contribution is -0.137. The molecular weight excluding hydrogens is 238 g/mol. The molecule has 1 rings (SSSR count). The Morgan fingerprint density at radius 1 is 1.53 bits per heavy atom. The van der Waals surface area contributed by atoms with E-state index in [1.54, 1.807) is 11.3 Å². The number of aliphatic carboxylic acids is 1. The number of carboxylic acids is 1. The first-order valence-electron chi connectivity index (χ1n) is 5.36. The van der Waals surface area contributed by atoms with Crippen molar-refractivity contribution in [2.24, 2.45) is 0 Å². The van der Waals surface area contributed by atoms with Gasteiger partial charge in [0.25, 0.3) is 0 Å². The number of rotatable bonds is 5. The summed E-state index contributed by atoms with van der Waals surface area (Å²) in [6, 6.07) is 3.43. The van der Waals surface area contributed by atoms with Crippen LogP contribution >= 0.6 is 11.3 Å². The molecule has 0 saturated heterocycles. The van der Waals surface area contributed by atoms with Gasteiger partial charge in [-0.2, -0.15) is 0 Å². The second-order valence-electron chi connectivity index (χ2n) is 4.89. The van der Waals surface area contributed by atoms with Crippen LogP contribution in [0, 0.1) is 0 Å². The second kappa shape index (κ2) is 5.31. The van der Waals surface area contributed by atoms with Crippen LogP contribution in [0.5, 0.6) is 0 Å². The fraction of sp³-hybridized carbons (Fsp3) is 0.500. The van der Waals surface area contributed by atoms with E-state index in [0.29, 0.717) is 6.41 Å². The van der Waals surface area contributed by atoms with Crippen molar-refractivity contribution in [1.29, 1.82) is 0 Å². The zero-order valence-corrected chi connectivity index (χ0v) is 11.0. The van der Waals surface area contributed by atoms with Crippen LogP contribution in [-0.2, 0) is 15.0 Å². The Hall–Kier alpha value is -1.36. The molecule has 0 aliphatic rings. The number of carboxylic acid groups (broad SMARTS) is 1. The highest BCUT2D eigenvalue weighted by Crippen LogP contribution is 2.33. The molecule has 0 spiro atoms. The van der Waals surface area contributed by atoms with E-state index in [0.717, 1.165) is 4.88 Å². The van der Waals surface area contributed by atoms with Crippen molar-refractivity contribution in [2.75, 3.05) is 0 Å². The van der Waals surface area contributed by atoms with Crippen LogP contribution in [0.1, 0.15) is 43.0 Å². The zero-order valence-electron chi connectivity index (χ0n) is 10.2. The lowest BCUT2D eigenvalue weighted by atomic mass is 9.95. The van der Waals surface area contributed by atoms with E-state index in [1.165, 1.54) is 4.88 Å². The summed E-state index contributed by atoms with van der Waals surface area (Å²) in [6.45, 7) is 6.30. The summed E-state index contributed by atoms with van der Waals surface area (Å²) < 4.78 is 0. The minimum absolute atomic E-state index is 0.0396. The minimum Gasteiger partial charge on any atom is -0.481 e. The molecule has 0 aliphatic carbocycles. The molecule has 0 aliphatic heterocycles. The predicted octanol–water partition coefficient (Wildman–Crippen LogP) is 2.31. The number of carbonyl (C=O) groups is 2. The lowest BCUT2D eigenvalue weighted by Gasteiger charge is -2.16. The Morgan fingerprint density at radius 3 is 2.59 bits per heavy atom. The molecule has 4 nitrogen and oxygen atoms in total. The first-order chi connectivity index (χ1) is 7.84. The summed E-state index contributed by atoms with van der Waals surface area (Å²) in [6.07, 6.45) is 0.451. The summed E-state index contributed by atoms with van der Waals surface area (Å²) >= 11 is 1.55. The molecule has 1 amide bonds. The molecular formula is C12H17NO3S. The van der Waals surface area contributed by atoms with Gasteiger partial charge >= 0.3 is 5.97 Å². The summed E-state index contributed by atoms with van der Waals surface area (Å²) in [5.41, 5.74) is 0.0396. The first kappa shape index (κ1) is 13.7. The van der Waals surface area contributed by atoms with Gasteiger partial charge in [0, 0.05) is 9.75 Å². The Balaban J connectivity index is 2.91. The quantitative estimate of drug-likeness (QED) is 0.793. The molecule has 94 valence electrons. The summed E-state index contributed by atoms with van der Waals surface area (Å²) in [4.78, 5) is 23.2. The third-order valence-electron chi connectivity index (χ3n) is 2.36. The van der Waals surface area contributed by atoms with Gasteiger partial charge in [-0.25, -0.2) is 0 Å². The summed E-state index contributed by atoms with van der Waals surface area (Å²) in [7, 11) is 0. The Kier molecular flexibility index (Phi) is 4.28. The fourth-order valence-corrected chi connectivity index (χ4v) is 2.57. The average Bonchev–Trinajstić information content (AvgIpc) is 2.64.